The van der Waals surface area contributed by atoms with Crippen LogP contribution in [0.4, 0.5) is 0 Å². The van der Waals surface area contributed by atoms with Crippen molar-refractivity contribution in [3.05, 3.63) is 35.1 Å². The van der Waals surface area contributed by atoms with Crippen LogP contribution in [0.3, 0.4) is 0 Å². The molecule has 0 unspecified atom stereocenters. The molecule has 0 aromatic carbocycles. The number of fused-ring (bicyclic) bond motifs is 1. The molecule has 2 heterocycles. The minimum absolute atomic E-state index is 0.491. The van der Waals surface area contributed by atoms with Crippen LogP contribution in [0, 0.1) is 0 Å². The minimum atomic E-state index is 0.491. The second-order valence-electron chi connectivity index (χ2n) is 2.82. The van der Waals surface area contributed by atoms with Gasteiger partial charge in [0.15, 0.2) is 0 Å². The molecule has 2 nitrogen and oxygen atoms in total. The molecule has 0 aliphatic rings. The van der Waals surface area contributed by atoms with Gasteiger partial charge in [0.05, 0.1) is 5.02 Å². The summed E-state index contributed by atoms with van der Waals surface area (Å²) in [4.78, 5) is 7.21. The van der Waals surface area contributed by atoms with Gasteiger partial charge in [0.2, 0.25) is 0 Å². The van der Waals surface area contributed by atoms with E-state index in [1.165, 1.54) is 0 Å². The third-order valence-corrected chi connectivity index (χ3v) is 2.43. The Hall–Kier alpha value is -0.990. The molecule has 4 heteroatoms. The van der Waals surface area contributed by atoms with E-state index in [4.69, 9.17) is 23.2 Å². The monoisotopic (exact) mass is 226 g/mol. The first-order valence-electron chi connectivity index (χ1n) is 4.17. The molecular formula is C10H8Cl2N2. The Morgan fingerprint density at radius 1 is 1.50 bits per heavy atom. The molecule has 0 aliphatic heterocycles. The number of nitrogens with zero attached hydrogens (tertiary/aromatic N) is 1. The fourth-order valence-corrected chi connectivity index (χ4v) is 1.69. The van der Waals surface area contributed by atoms with Crippen LogP contribution in [0.2, 0.25) is 5.02 Å². The number of halogens is 2. The predicted octanol–water partition coefficient (Wildman–Crippen LogP) is 3.47. The zero-order valence-corrected chi connectivity index (χ0v) is 8.81. The lowest BCUT2D eigenvalue weighted by molar-refractivity contribution is 1.33. The molecule has 0 amide bonds. The molecule has 2 rings (SSSR count). The van der Waals surface area contributed by atoms with E-state index in [9.17, 15) is 0 Å². The van der Waals surface area contributed by atoms with E-state index in [-0.39, 0.29) is 0 Å². The largest absolute Gasteiger partial charge is 0.345 e. The number of nitrogens with one attached hydrogen (secondary N) is 1. The fourth-order valence-electron chi connectivity index (χ4n) is 1.34. The summed E-state index contributed by atoms with van der Waals surface area (Å²) in [6.07, 6.45) is 7.34. The highest BCUT2D eigenvalue weighted by atomic mass is 35.5. The molecule has 0 radical (unpaired) electrons. The van der Waals surface area contributed by atoms with Gasteiger partial charge in [-0.05, 0) is 6.07 Å². The number of allylic oxidation sites excluding steroid dienone is 1. The molecule has 0 atom stereocenters. The number of rotatable bonds is 2. The molecule has 2 aromatic rings. The zero-order valence-electron chi connectivity index (χ0n) is 7.30. The van der Waals surface area contributed by atoms with E-state index in [1.54, 1.807) is 12.3 Å². The highest BCUT2D eigenvalue weighted by Crippen LogP contribution is 2.25. The van der Waals surface area contributed by atoms with E-state index in [1.807, 2.05) is 18.3 Å². The molecular weight excluding hydrogens is 219 g/mol. The summed E-state index contributed by atoms with van der Waals surface area (Å²) in [6.45, 7) is 0. The molecule has 0 spiro atoms. The van der Waals surface area contributed by atoms with Gasteiger partial charge in [0.25, 0.3) is 0 Å². The Labute approximate surface area is 91.6 Å². The molecule has 0 bridgehead atoms. The Kier molecular flexibility index (Phi) is 2.75. The first kappa shape index (κ1) is 9.56. The summed E-state index contributed by atoms with van der Waals surface area (Å²) >= 11 is 11.6. The number of hydrogen-bond donors (Lipinski definition) is 1. The Morgan fingerprint density at radius 2 is 2.36 bits per heavy atom. The van der Waals surface area contributed by atoms with Gasteiger partial charge in [-0.1, -0.05) is 23.8 Å². The summed E-state index contributed by atoms with van der Waals surface area (Å²) < 4.78 is 0. The molecule has 0 fully saturated rings. The SMILES string of the molecule is ClCC=Cc1c[nH]c2nccc(Cl)c12. The van der Waals surface area contributed by atoms with Crippen LogP contribution < -0.4 is 0 Å². The Bertz CT molecular complexity index is 474. The second kappa shape index (κ2) is 4.03. The quantitative estimate of drug-likeness (QED) is 0.782. The van der Waals surface area contributed by atoms with Gasteiger partial charge >= 0.3 is 0 Å². The van der Waals surface area contributed by atoms with Gasteiger partial charge in [-0.25, -0.2) is 4.98 Å². The van der Waals surface area contributed by atoms with Crippen molar-refractivity contribution in [2.45, 2.75) is 0 Å². The van der Waals surface area contributed by atoms with Crippen LogP contribution >= 0.6 is 23.2 Å². The smallest absolute Gasteiger partial charge is 0.139 e. The lowest BCUT2D eigenvalue weighted by atomic mass is 10.2. The maximum atomic E-state index is 6.06. The minimum Gasteiger partial charge on any atom is -0.345 e. The number of aromatic amines is 1. The van der Waals surface area contributed by atoms with Crippen molar-refractivity contribution in [2.75, 3.05) is 5.88 Å². The molecule has 2 aromatic heterocycles. The predicted molar refractivity (Wildman–Crippen MR) is 60.9 cm³/mol. The van der Waals surface area contributed by atoms with E-state index in [0.717, 1.165) is 16.6 Å². The summed E-state index contributed by atoms with van der Waals surface area (Å²) in [5.41, 5.74) is 1.81. The fraction of sp³-hybridized carbons (Fsp3) is 0.100. The van der Waals surface area contributed by atoms with Crippen molar-refractivity contribution in [3.8, 4) is 0 Å². The number of hydrogen-bond acceptors (Lipinski definition) is 1. The average Bonchev–Trinajstić information content (AvgIpc) is 2.59. The Morgan fingerprint density at radius 3 is 3.14 bits per heavy atom. The maximum absolute atomic E-state index is 6.06. The summed E-state index contributed by atoms with van der Waals surface area (Å²) in [5.74, 6) is 0.491. The first-order valence-corrected chi connectivity index (χ1v) is 5.08. The summed E-state index contributed by atoms with van der Waals surface area (Å²) in [7, 11) is 0. The lowest BCUT2D eigenvalue weighted by Gasteiger charge is -1.93. The first-order chi connectivity index (χ1) is 6.83. The molecule has 0 saturated carbocycles. The van der Waals surface area contributed by atoms with Gasteiger partial charge < -0.3 is 4.98 Å². The van der Waals surface area contributed by atoms with E-state index in [2.05, 4.69) is 9.97 Å². The normalized spacial score (nSPS) is 11.6. The van der Waals surface area contributed by atoms with Crippen molar-refractivity contribution in [3.63, 3.8) is 0 Å². The summed E-state index contributed by atoms with van der Waals surface area (Å²) in [6, 6.07) is 1.77. The van der Waals surface area contributed by atoms with Gasteiger partial charge in [0.1, 0.15) is 5.65 Å². The van der Waals surface area contributed by atoms with Crippen molar-refractivity contribution >= 4 is 40.3 Å². The van der Waals surface area contributed by atoms with E-state index in [0.29, 0.717) is 10.9 Å². The van der Waals surface area contributed by atoms with Gasteiger partial charge in [-0.15, -0.1) is 11.6 Å². The van der Waals surface area contributed by atoms with Crippen LogP contribution in [-0.2, 0) is 0 Å². The number of pyridine rings is 1. The number of aromatic nitrogens is 2. The zero-order chi connectivity index (χ0) is 9.97. The highest BCUT2D eigenvalue weighted by molar-refractivity contribution is 6.35. The molecule has 0 saturated heterocycles. The highest BCUT2D eigenvalue weighted by Gasteiger charge is 2.04. The van der Waals surface area contributed by atoms with Crippen molar-refractivity contribution < 1.29 is 0 Å². The topological polar surface area (TPSA) is 28.7 Å². The number of alkyl halides is 1. The molecule has 72 valence electrons. The molecule has 0 aliphatic carbocycles. The third-order valence-electron chi connectivity index (χ3n) is 1.94. The van der Waals surface area contributed by atoms with Crippen LogP contribution in [0.1, 0.15) is 5.56 Å². The van der Waals surface area contributed by atoms with E-state index < -0.39 is 0 Å². The van der Waals surface area contributed by atoms with Crippen LogP contribution in [-0.4, -0.2) is 15.8 Å². The van der Waals surface area contributed by atoms with E-state index >= 15 is 0 Å². The van der Waals surface area contributed by atoms with Gasteiger partial charge in [-0.2, -0.15) is 0 Å². The maximum Gasteiger partial charge on any atom is 0.139 e. The van der Waals surface area contributed by atoms with Crippen LogP contribution in [0.15, 0.2) is 24.5 Å². The Balaban J connectivity index is 2.61. The van der Waals surface area contributed by atoms with Crippen LogP contribution in [0.5, 0.6) is 0 Å². The standard InChI is InChI=1S/C10H8Cl2N2/c11-4-1-2-7-6-14-10-9(7)8(12)3-5-13-10/h1-3,5-6H,4H2,(H,13,14). The molecule has 14 heavy (non-hydrogen) atoms. The third kappa shape index (κ3) is 1.63. The molecule has 1 N–H and O–H groups in total. The lowest BCUT2D eigenvalue weighted by Crippen LogP contribution is -1.76. The average molecular weight is 227 g/mol. The van der Waals surface area contributed by atoms with Gasteiger partial charge in [-0.3, -0.25) is 0 Å². The van der Waals surface area contributed by atoms with Crippen LogP contribution in [0.25, 0.3) is 17.1 Å². The van der Waals surface area contributed by atoms with Crippen molar-refractivity contribution in [1.82, 2.24) is 9.97 Å². The van der Waals surface area contributed by atoms with Crippen molar-refractivity contribution in [2.24, 2.45) is 0 Å². The second-order valence-corrected chi connectivity index (χ2v) is 3.53. The van der Waals surface area contributed by atoms with Crippen molar-refractivity contribution in [1.29, 1.82) is 0 Å². The van der Waals surface area contributed by atoms with Gasteiger partial charge in [0, 0.05) is 29.2 Å². The number of H-pyrrole nitrogens is 1. The summed E-state index contributed by atoms with van der Waals surface area (Å²) in [5, 5.41) is 1.64.